The third-order valence-corrected chi connectivity index (χ3v) is 4.65. The van der Waals surface area contributed by atoms with Gasteiger partial charge in [0, 0.05) is 45.3 Å². The van der Waals surface area contributed by atoms with Crippen molar-refractivity contribution in [2.75, 3.05) is 37.6 Å². The standard InChI is InChI=1S/C19H22N4O/c1-2-6-16(7-3-1)18-14-17(24-21-18)15-22-10-12-23(13-11-22)19-8-4-5-9-20-19/h1-9,17H,10-15H2. The zero-order chi connectivity index (χ0) is 16.2. The molecule has 1 atom stereocenters. The van der Waals surface area contributed by atoms with Crippen LogP contribution in [0, 0.1) is 0 Å². The van der Waals surface area contributed by atoms with Crippen molar-refractivity contribution in [1.82, 2.24) is 9.88 Å². The van der Waals surface area contributed by atoms with Crippen LogP contribution in [-0.2, 0) is 4.84 Å². The molecular weight excluding hydrogens is 300 g/mol. The van der Waals surface area contributed by atoms with Crippen molar-refractivity contribution >= 4 is 11.5 Å². The summed E-state index contributed by atoms with van der Waals surface area (Å²) in [5, 5.41) is 4.28. The molecule has 124 valence electrons. The van der Waals surface area contributed by atoms with Crippen molar-refractivity contribution in [3.8, 4) is 0 Å². The van der Waals surface area contributed by atoms with E-state index < -0.39 is 0 Å². The molecule has 5 nitrogen and oxygen atoms in total. The Balaban J connectivity index is 1.27. The van der Waals surface area contributed by atoms with Crippen LogP contribution in [0.15, 0.2) is 59.9 Å². The number of benzene rings is 1. The molecule has 3 heterocycles. The van der Waals surface area contributed by atoms with Crippen molar-refractivity contribution in [3.63, 3.8) is 0 Å². The molecule has 2 aliphatic heterocycles. The Morgan fingerprint density at radius 2 is 1.75 bits per heavy atom. The van der Waals surface area contributed by atoms with E-state index in [4.69, 9.17) is 4.84 Å². The summed E-state index contributed by atoms with van der Waals surface area (Å²) in [4.78, 5) is 14.9. The summed E-state index contributed by atoms with van der Waals surface area (Å²) in [7, 11) is 0. The average molecular weight is 322 g/mol. The van der Waals surface area contributed by atoms with Crippen LogP contribution in [0.3, 0.4) is 0 Å². The maximum Gasteiger partial charge on any atom is 0.145 e. The van der Waals surface area contributed by atoms with Gasteiger partial charge >= 0.3 is 0 Å². The van der Waals surface area contributed by atoms with Gasteiger partial charge in [-0.15, -0.1) is 0 Å². The molecule has 1 fully saturated rings. The van der Waals surface area contributed by atoms with Crippen molar-refractivity contribution in [1.29, 1.82) is 0 Å². The second-order valence-electron chi connectivity index (χ2n) is 6.31. The van der Waals surface area contributed by atoms with Crippen LogP contribution in [0.2, 0.25) is 0 Å². The van der Waals surface area contributed by atoms with E-state index >= 15 is 0 Å². The van der Waals surface area contributed by atoms with E-state index in [1.54, 1.807) is 0 Å². The third-order valence-electron chi connectivity index (χ3n) is 4.65. The molecule has 24 heavy (non-hydrogen) atoms. The Bertz CT molecular complexity index is 681. The van der Waals surface area contributed by atoms with E-state index in [1.807, 2.05) is 36.5 Å². The van der Waals surface area contributed by atoms with Crippen LogP contribution in [0.5, 0.6) is 0 Å². The van der Waals surface area contributed by atoms with Crippen LogP contribution in [0.4, 0.5) is 5.82 Å². The highest BCUT2D eigenvalue weighted by molar-refractivity contribution is 6.01. The fraction of sp³-hybridized carbons (Fsp3) is 0.368. The van der Waals surface area contributed by atoms with Crippen molar-refractivity contribution in [2.24, 2.45) is 5.16 Å². The largest absolute Gasteiger partial charge is 0.390 e. The SMILES string of the molecule is c1ccc(C2=NOC(CN3CCN(c4ccccn4)CC3)C2)cc1. The number of aromatic nitrogens is 1. The Morgan fingerprint density at radius 1 is 0.958 bits per heavy atom. The molecule has 1 saturated heterocycles. The highest BCUT2D eigenvalue weighted by atomic mass is 16.6. The summed E-state index contributed by atoms with van der Waals surface area (Å²) < 4.78 is 0. The van der Waals surface area contributed by atoms with Gasteiger partial charge in [0.25, 0.3) is 0 Å². The summed E-state index contributed by atoms with van der Waals surface area (Å²) in [6.45, 7) is 5.04. The lowest BCUT2D eigenvalue weighted by molar-refractivity contribution is 0.0510. The molecule has 2 aromatic rings. The fourth-order valence-electron chi connectivity index (χ4n) is 3.32. The second kappa shape index (κ2) is 7.01. The summed E-state index contributed by atoms with van der Waals surface area (Å²) in [6.07, 6.45) is 2.92. The third kappa shape index (κ3) is 3.41. The molecule has 0 radical (unpaired) electrons. The normalized spacial score (nSPS) is 21.4. The number of piperazine rings is 1. The lowest BCUT2D eigenvalue weighted by Crippen LogP contribution is -2.48. The van der Waals surface area contributed by atoms with Crippen LogP contribution in [0.1, 0.15) is 12.0 Å². The highest BCUT2D eigenvalue weighted by Gasteiger charge is 2.26. The molecule has 0 amide bonds. The smallest absolute Gasteiger partial charge is 0.145 e. The monoisotopic (exact) mass is 322 g/mol. The van der Waals surface area contributed by atoms with Crippen LogP contribution >= 0.6 is 0 Å². The summed E-state index contributed by atoms with van der Waals surface area (Å²) in [6, 6.07) is 16.4. The van der Waals surface area contributed by atoms with Gasteiger partial charge in [0.15, 0.2) is 0 Å². The van der Waals surface area contributed by atoms with Gasteiger partial charge in [-0.1, -0.05) is 41.6 Å². The molecule has 0 aliphatic carbocycles. The lowest BCUT2D eigenvalue weighted by Gasteiger charge is -2.36. The van der Waals surface area contributed by atoms with Gasteiger partial charge in [-0.05, 0) is 17.7 Å². The van der Waals surface area contributed by atoms with Gasteiger partial charge in [-0.3, -0.25) is 4.90 Å². The van der Waals surface area contributed by atoms with Crippen molar-refractivity contribution < 1.29 is 4.84 Å². The van der Waals surface area contributed by atoms with Gasteiger partial charge < -0.3 is 9.74 Å². The Kier molecular flexibility index (Phi) is 4.42. The van der Waals surface area contributed by atoms with E-state index in [0.717, 1.165) is 50.7 Å². The van der Waals surface area contributed by atoms with Crippen LogP contribution in [0.25, 0.3) is 0 Å². The zero-order valence-corrected chi connectivity index (χ0v) is 13.7. The molecule has 0 spiro atoms. The van der Waals surface area contributed by atoms with Gasteiger partial charge in [0.05, 0.1) is 5.71 Å². The molecule has 1 aromatic carbocycles. The van der Waals surface area contributed by atoms with Gasteiger partial charge in [-0.25, -0.2) is 4.98 Å². The minimum absolute atomic E-state index is 0.168. The molecule has 1 aromatic heterocycles. The number of rotatable bonds is 4. The molecule has 4 rings (SSSR count). The number of nitrogens with zero attached hydrogens (tertiary/aromatic N) is 4. The first kappa shape index (κ1) is 15.1. The fourth-order valence-corrected chi connectivity index (χ4v) is 3.32. The molecule has 0 bridgehead atoms. The van der Waals surface area contributed by atoms with Crippen LogP contribution < -0.4 is 4.90 Å². The quantitative estimate of drug-likeness (QED) is 0.867. The topological polar surface area (TPSA) is 41.0 Å². The first-order chi connectivity index (χ1) is 11.9. The molecule has 1 unspecified atom stereocenters. The predicted molar refractivity (Wildman–Crippen MR) is 95.4 cm³/mol. The van der Waals surface area contributed by atoms with E-state index in [1.165, 1.54) is 5.56 Å². The molecular formula is C19H22N4O. The number of anilines is 1. The Morgan fingerprint density at radius 3 is 2.50 bits per heavy atom. The van der Waals surface area contributed by atoms with Gasteiger partial charge in [0.2, 0.25) is 0 Å². The van der Waals surface area contributed by atoms with Crippen molar-refractivity contribution in [3.05, 3.63) is 60.3 Å². The van der Waals surface area contributed by atoms with E-state index in [-0.39, 0.29) is 6.10 Å². The number of hydrogen-bond donors (Lipinski definition) is 0. The highest BCUT2D eigenvalue weighted by Crippen LogP contribution is 2.19. The first-order valence-electron chi connectivity index (χ1n) is 8.55. The predicted octanol–water partition coefficient (Wildman–Crippen LogP) is 2.40. The molecule has 0 saturated carbocycles. The number of pyridine rings is 1. The lowest BCUT2D eigenvalue weighted by atomic mass is 10.0. The van der Waals surface area contributed by atoms with E-state index in [2.05, 4.69) is 38.1 Å². The van der Waals surface area contributed by atoms with Crippen molar-refractivity contribution in [2.45, 2.75) is 12.5 Å². The minimum Gasteiger partial charge on any atom is -0.390 e. The number of oxime groups is 1. The second-order valence-corrected chi connectivity index (χ2v) is 6.31. The Hall–Kier alpha value is -2.40. The summed E-state index contributed by atoms with van der Waals surface area (Å²) in [5.74, 6) is 1.07. The minimum atomic E-state index is 0.168. The Labute approximate surface area is 142 Å². The average Bonchev–Trinajstić information content (AvgIpc) is 3.12. The molecule has 0 N–H and O–H groups in total. The first-order valence-corrected chi connectivity index (χ1v) is 8.55. The van der Waals surface area contributed by atoms with Crippen LogP contribution in [-0.4, -0.2) is 54.4 Å². The maximum absolute atomic E-state index is 5.65. The molecule has 5 heteroatoms. The number of hydrogen-bond acceptors (Lipinski definition) is 5. The van der Waals surface area contributed by atoms with Gasteiger partial charge in [-0.2, -0.15) is 0 Å². The van der Waals surface area contributed by atoms with E-state index in [9.17, 15) is 0 Å². The summed E-state index contributed by atoms with van der Waals surface area (Å²) in [5.41, 5.74) is 2.23. The summed E-state index contributed by atoms with van der Waals surface area (Å²) >= 11 is 0. The zero-order valence-electron chi connectivity index (χ0n) is 13.7. The molecule has 2 aliphatic rings. The maximum atomic E-state index is 5.65. The van der Waals surface area contributed by atoms with E-state index in [0.29, 0.717) is 0 Å². The van der Waals surface area contributed by atoms with Gasteiger partial charge in [0.1, 0.15) is 11.9 Å².